The van der Waals surface area contributed by atoms with Crippen LogP contribution in [0.3, 0.4) is 0 Å². The van der Waals surface area contributed by atoms with Crippen molar-refractivity contribution in [1.82, 2.24) is 15.2 Å². The van der Waals surface area contributed by atoms with Crippen LogP contribution in [0.2, 0.25) is 0 Å². The summed E-state index contributed by atoms with van der Waals surface area (Å²) in [7, 11) is 1.30. The van der Waals surface area contributed by atoms with Crippen LogP contribution in [0, 0.1) is 5.82 Å². The number of aliphatic imine (C=N–C) groups is 1. The van der Waals surface area contributed by atoms with Crippen molar-refractivity contribution in [1.29, 1.82) is 0 Å². The van der Waals surface area contributed by atoms with E-state index in [0.717, 1.165) is 0 Å². The molecular weight excluding hydrogens is 503 g/mol. The lowest BCUT2D eigenvalue weighted by Gasteiger charge is -2.31. The van der Waals surface area contributed by atoms with Gasteiger partial charge in [0.05, 0.1) is 25.3 Å². The summed E-state index contributed by atoms with van der Waals surface area (Å²) in [5.41, 5.74) is 1.67. The molecule has 4 rings (SSSR count). The lowest BCUT2D eigenvalue weighted by molar-refractivity contribution is -0.139. The van der Waals surface area contributed by atoms with E-state index in [2.05, 4.69) is 26.2 Å². The van der Waals surface area contributed by atoms with Crippen molar-refractivity contribution in [3.05, 3.63) is 61.9 Å². The van der Waals surface area contributed by atoms with Gasteiger partial charge in [-0.15, -0.1) is 11.3 Å². The van der Waals surface area contributed by atoms with Crippen LogP contribution in [0.4, 0.5) is 9.18 Å². The maximum Gasteiger partial charge on any atom is 0.407 e. The second-order valence-corrected chi connectivity index (χ2v) is 8.84. The summed E-state index contributed by atoms with van der Waals surface area (Å²) in [6.45, 7) is 2.32. The maximum atomic E-state index is 13.8. The summed E-state index contributed by atoms with van der Waals surface area (Å²) in [5, 5.41) is 5.31. The van der Waals surface area contributed by atoms with Crippen LogP contribution in [0.15, 0.2) is 50.5 Å². The first-order chi connectivity index (χ1) is 15.4. The van der Waals surface area contributed by atoms with Crippen molar-refractivity contribution in [3.63, 3.8) is 0 Å². The molecule has 8 nitrogen and oxygen atoms in total. The number of ether oxygens (including phenoxy) is 2. The lowest BCUT2D eigenvalue weighted by Crippen LogP contribution is -2.39. The molecule has 168 valence electrons. The topological polar surface area (TPSA) is 93.1 Å². The first-order valence-electron chi connectivity index (χ1n) is 9.87. The molecule has 2 aliphatic heterocycles. The van der Waals surface area contributed by atoms with Gasteiger partial charge < -0.3 is 19.7 Å². The minimum absolute atomic E-state index is 0.194. The molecule has 32 heavy (non-hydrogen) atoms. The lowest BCUT2D eigenvalue weighted by atomic mass is 9.94. The molecule has 2 aromatic rings. The Morgan fingerprint density at radius 3 is 2.88 bits per heavy atom. The maximum absolute atomic E-state index is 13.8. The van der Waals surface area contributed by atoms with Crippen molar-refractivity contribution in [2.45, 2.75) is 25.4 Å². The number of nitrogens with one attached hydrogen (secondary N) is 1. The summed E-state index contributed by atoms with van der Waals surface area (Å²) < 4.78 is 24.4. The van der Waals surface area contributed by atoms with Crippen molar-refractivity contribution in [3.8, 4) is 0 Å². The fourth-order valence-electron chi connectivity index (χ4n) is 3.84. The highest BCUT2D eigenvalue weighted by Gasteiger charge is 2.43. The Morgan fingerprint density at radius 2 is 2.22 bits per heavy atom. The van der Waals surface area contributed by atoms with Crippen LogP contribution in [-0.4, -0.2) is 54.1 Å². The predicted molar refractivity (Wildman–Crippen MR) is 120 cm³/mol. The number of esters is 1. The smallest absolute Gasteiger partial charge is 0.407 e. The van der Waals surface area contributed by atoms with Gasteiger partial charge in [0.1, 0.15) is 11.9 Å². The highest BCUT2D eigenvalue weighted by Crippen LogP contribution is 2.42. The molecule has 1 N–H and O–H groups in total. The average molecular weight is 523 g/mol. The molecule has 1 amide bonds. The predicted octanol–water partition coefficient (Wildman–Crippen LogP) is 3.79. The zero-order valence-electron chi connectivity index (χ0n) is 17.3. The minimum Gasteiger partial charge on any atom is -0.463 e. The SMILES string of the molecule is CCOC(=O)C1=C2C[C@H](NC(=O)OC)CN2C(c2nccs2)=N[C@H]1c1ccc(F)cc1Br. The molecule has 0 spiro atoms. The fraction of sp³-hybridized carbons (Fsp3) is 0.333. The van der Waals surface area contributed by atoms with Gasteiger partial charge in [0, 0.05) is 34.7 Å². The summed E-state index contributed by atoms with van der Waals surface area (Å²) in [6.07, 6.45) is 1.50. The third kappa shape index (κ3) is 4.26. The van der Waals surface area contributed by atoms with Crippen molar-refractivity contribution in [2.75, 3.05) is 20.3 Å². The number of alkyl carbamates (subject to hydrolysis) is 1. The number of hydrogen-bond acceptors (Lipinski definition) is 8. The standard InChI is InChI=1S/C21H20BrFN4O4S/c1-3-31-20(28)16-15-9-12(25-21(29)30-2)10-27(15)18(19-24-6-7-32-19)26-17(16)13-5-4-11(23)8-14(13)22/h4-8,12,17H,3,9-10H2,1-2H3,(H,25,29)/t12-,17-/m0/s1. The number of amides is 1. The van der Waals surface area contributed by atoms with Gasteiger partial charge in [-0.25, -0.2) is 19.0 Å². The van der Waals surface area contributed by atoms with Crippen LogP contribution in [0.1, 0.15) is 30.0 Å². The number of benzene rings is 1. The van der Waals surface area contributed by atoms with E-state index in [9.17, 15) is 14.0 Å². The van der Waals surface area contributed by atoms with Gasteiger partial charge in [-0.05, 0) is 24.6 Å². The molecule has 0 aliphatic carbocycles. The number of halogens is 2. The molecule has 2 atom stereocenters. The Hall–Kier alpha value is -2.79. The zero-order valence-corrected chi connectivity index (χ0v) is 19.7. The van der Waals surface area contributed by atoms with Crippen LogP contribution >= 0.6 is 27.3 Å². The molecule has 0 bridgehead atoms. The number of rotatable bonds is 5. The monoisotopic (exact) mass is 522 g/mol. The number of nitrogens with zero attached hydrogens (tertiary/aromatic N) is 3. The number of thiazole rings is 1. The van der Waals surface area contributed by atoms with E-state index in [4.69, 9.17) is 14.5 Å². The third-order valence-electron chi connectivity index (χ3n) is 5.14. The number of amidine groups is 1. The molecule has 2 aliphatic rings. The molecule has 0 unspecified atom stereocenters. The number of carbonyl (C=O) groups excluding carboxylic acids is 2. The van der Waals surface area contributed by atoms with Gasteiger partial charge in [0.2, 0.25) is 0 Å². The van der Waals surface area contributed by atoms with Crippen LogP contribution in [-0.2, 0) is 14.3 Å². The van der Waals surface area contributed by atoms with E-state index in [0.29, 0.717) is 45.1 Å². The quantitative estimate of drug-likeness (QED) is 0.600. The Kier molecular flexibility index (Phi) is 6.56. The molecule has 1 fully saturated rings. The van der Waals surface area contributed by atoms with E-state index >= 15 is 0 Å². The summed E-state index contributed by atoms with van der Waals surface area (Å²) >= 11 is 4.83. The van der Waals surface area contributed by atoms with E-state index in [-0.39, 0.29) is 12.6 Å². The number of fused-ring (bicyclic) bond motifs is 1. The van der Waals surface area contributed by atoms with E-state index in [1.165, 1.54) is 30.6 Å². The Balaban J connectivity index is 1.86. The van der Waals surface area contributed by atoms with Crippen LogP contribution < -0.4 is 5.32 Å². The summed E-state index contributed by atoms with van der Waals surface area (Å²) in [4.78, 5) is 36.1. The Morgan fingerprint density at radius 1 is 1.41 bits per heavy atom. The van der Waals surface area contributed by atoms with E-state index < -0.39 is 23.9 Å². The van der Waals surface area contributed by atoms with Gasteiger partial charge in [-0.3, -0.25) is 4.99 Å². The number of aromatic nitrogens is 1. The van der Waals surface area contributed by atoms with Gasteiger partial charge in [0.25, 0.3) is 0 Å². The summed E-state index contributed by atoms with van der Waals surface area (Å²) in [5.74, 6) is -0.330. The van der Waals surface area contributed by atoms with Gasteiger partial charge in [0.15, 0.2) is 10.8 Å². The zero-order chi connectivity index (χ0) is 22.8. The second-order valence-electron chi connectivity index (χ2n) is 7.09. The minimum atomic E-state index is -0.731. The molecule has 1 aromatic heterocycles. The number of hydrogen-bond donors (Lipinski definition) is 1. The molecular formula is C21H20BrFN4O4S. The largest absolute Gasteiger partial charge is 0.463 e. The van der Waals surface area contributed by atoms with Gasteiger partial charge in [-0.2, -0.15) is 0 Å². The first kappa shape index (κ1) is 22.4. The Bertz CT molecular complexity index is 1110. The van der Waals surface area contributed by atoms with Crippen LogP contribution in [0.5, 0.6) is 0 Å². The van der Waals surface area contributed by atoms with Crippen LogP contribution in [0.25, 0.3) is 0 Å². The van der Waals surface area contributed by atoms with E-state index in [1.807, 2.05) is 10.3 Å². The summed E-state index contributed by atoms with van der Waals surface area (Å²) in [6, 6.07) is 3.23. The fourth-order valence-corrected chi connectivity index (χ4v) is 5.04. The van der Waals surface area contributed by atoms with Crippen molar-refractivity contribution < 1.29 is 23.5 Å². The average Bonchev–Trinajstić information content (AvgIpc) is 3.42. The molecule has 11 heteroatoms. The first-order valence-corrected chi connectivity index (χ1v) is 11.5. The molecule has 3 heterocycles. The molecule has 1 aromatic carbocycles. The van der Waals surface area contributed by atoms with Gasteiger partial charge in [-0.1, -0.05) is 22.0 Å². The van der Waals surface area contributed by atoms with E-state index in [1.54, 1.807) is 19.2 Å². The molecule has 0 radical (unpaired) electrons. The Labute approximate surface area is 196 Å². The van der Waals surface area contributed by atoms with Gasteiger partial charge >= 0.3 is 12.1 Å². The van der Waals surface area contributed by atoms with Crippen molar-refractivity contribution in [2.24, 2.45) is 4.99 Å². The highest BCUT2D eigenvalue weighted by atomic mass is 79.9. The highest BCUT2D eigenvalue weighted by molar-refractivity contribution is 9.10. The number of carbonyl (C=O) groups is 2. The third-order valence-corrected chi connectivity index (χ3v) is 6.60. The second kappa shape index (κ2) is 9.37. The normalized spacial score (nSPS) is 20.0. The molecule has 0 saturated carbocycles. The molecule has 1 saturated heterocycles. The van der Waals surface area contributed by atoms with Crippen molar-refractivity contribution >= 4 is 45.2 Å². The number of methoxy groups -OCH3 is 1.